The first kappa shape index (κ1) is 13.6. The largest absolute Gasteiger partial charge is 0.291 e. The van der Waals surface area contributed by atoms with Crippen molar-refractivity contribution in [2.45, 2.75) is 31.2 Å². The van der Waals surface area contributed by atoms with Crippen molar-refractivity contribution in [3.05, 3.63) is 35.9 Å². The topological polar surface area (TPSA) is 40.6 Å². The molecule has 3 rings (SSSR count). The molecule has 4 nitrogen and oxygen atoms in total. The summed E-state index contributed by atoms with van der Waals surface area (Å²) >= 11 is 4.00. The Morgan fingerprint density at radius 2 is 1.85 bits per heavy atom. The van der Waals surface area contributed by atoms with E-state index in [-0.39, 0.29) is 17.9 Å². The second-order valence-electron chi connectivity index (χ2n) is 5.49. The standard InChI is InChI=1S/C15H18N2O2S/c18-14-7-6-13(15(19)17(14)20)16-9-8-12(10-16)11-4-2-1-3-5-11/h1-5,12-13,20H,6-10H2. The maximum atomic E-state index is 12.2. The Balaban J connectivity index is 1.68. The molecule has 2 saturated heterocycles. The van der Waals surface area contributed by atoms with Crippen LogP contribution in [0.1, 0.15) is 30.7 Å². The van der Waals surface area contributed by atoms with E-state index in [1.165, 1.54) is 5.56 Å². The van der Waals surface area contributed by atoms with Crippen LogP contribution in [0.25, 0.3) is 0 Å². The number of piperidine rings is 1. The van der Waals surface area contributed by atoms with E-state index in [0.29, 0.717) is 18.8 Å². The van der Waals surface area contributed by atoms with Gasteiger partial charge in [0.25, 0.3) is 5.91 Å². The van der Waals surface area contributed by atoms with Crippen LogP contribution in [0.2, 0.25) is 0 Å². The van der Waals surface area contributed by atoms with E-state index >= 15 is 0 Å². The molecule has 0 radical (unpaired) electrons. The fourth-order valence-electron chi connectivity index (χ4n) is 3.16. The van der Waals surface area contributed by atoms with E-state index in [9.17, 15) is 9.59 Å². The minimum Gasteiger partial charge on any atom is -0.291 e. The third kappa shape index (κ3) is 2.47. The molecule has 0 N–H and O–H groups in total. The number of rotatable bonds is 2. The first-order valence-electron chi connectivity index (χ1n) is 7.01. The monoisotopic (exact) mass is 290 g/mol. The van der Waals surface area contributed by atoms with Gasteiger partial charge in [-0.3, -0.25) is 14.5 Å². The fraction of sp³-hybridized carbons (Fsp3) is 0.467. The Morgan fingerprint density at radius 1 is 1.10 bits per heavy atom. The van der Waals surface area contributed by atoms with Gasteiger partial charge in [0.05, 0.1) is 6.04 Å². The summed E-state index contributed by atoms with van der Waals surface area (Å²) in [5.41, 5.74) is 1.33. The third-order valence-corrected chi connectivity index (χ3v) is 4.71. The number of imide groups is 1. The van der Waals surface area contributed by atoms with Gasteiger partial charge in [-0.05, 0) is 30.9 Å². The Hall–Kier alpha value is -1.33. The van der Waals surface area contributed by atoms with E-state index in [4.69, 9.17) is 0 Å². The molecule has 0 saturated carbocycles. The maximum absolute atomic E-state index is 12.2. The molecule has 2 aliphatic rings. The van der Waals surface area contributed by atoms with Gasteiger partial charge in [-0.25, -0.2) is 4.31 Å². The number of hydrogen-bond donors (Lipinski definition) is 1. The van der Waals surface area contributed by atoms with Crippen LogP contribution < -0.4 is 0 Å². The Bertz CT molecular complexity index is 520. The molecule has 2 aliphatic heterocycles. The molecular weight excluding hydrogens is 272 g/mol. The number of thiol groups is 1. The predicted octanol–water partition coefficient (Wildman–Crippen LogP) is 1.84. The molecule has 5 heteroatoms. The first-order chi connectivity index (χ1) is 9.66. The van der Waals surface area contributed by atoms with Gasteiger partial charge >= 0.3 is 0 Å². The SMILES string of the molecule is O=C1CCC(N2CCC(c3ccccc3)C2)C(=O)N1S. The van der Waals surface area contributed by atoms with Gasteiger partial charge in [0, 0.05) is 13.0 Å². The van der Waals surface area contributed by atoms with E-state index in [2.05, 4.69) is 42.0 Å². The maximum Gasteiger partial charge on any atom is 0.256 e. The molecule has 1 aromatic rings. The summed E-state index contributed by atoms with van der Waals surface area (Å²) in [5, 5.41) is 0. The van der Waals surface area contributed by atoms with Gasteiger partial charge in [-0.1, -0.05) is 43.1 Å². The number of nitrogens with zero attached hydrogens (tertiary/aromatic N) is 2. The van der Waals surface area contributed by atoms with Gasteiger partial charge < -0.3 is 0 Å². The highest BCUT2D eigenvalue weighted by atomic mass is 32.1. The summed E-state index contributed by atoms with van der Waals surface area (Å²) in [7, 11) is 0. The highest BCUT2D eigenvalue weighted by Crippen LogP contribution is 2.31. The number of amides is 2. The normalized spacial score (nSPS) is 28.1. The Kier molecular flexibility index (Phi) is 3.81. The van der Waals surface area contributed by atoms with Crippen molar-refractivity contribution in [2.75, 3.05) is 13.1 Å². The van der Waals surface area contributed by atoms with Crippen molar-refractivity contribution >= 4 is 24.6 Å². The van der Waals surface area contributed by atoms with Gasteiger partial charge in [-0.15, -0.1) is 0 Å². The van der Waals surface area contributed by atoms with Gasteiger partial charge in [-0.2, -0.15) is 0 Å². The molecule has 2 fully saturated rings. The minimum atomic E-state index is -0.187. The minimum absolute atomic E-state index is 0.168. The lowest BCUT2D eigenvalue weighted by atomic mass is 9.98. The second-order valence-corrected chi connectivity index (χ2v) is 5.89. The molecule has 2 amide bonds. The highest BCUT2D eigenvalue weighted by molar-refractivity contribution is 7.79. The Labute approximate surface area is 124 Å². The van der Waals surface area contributed by atoms with E-state index in [0.717, 1.165) is 23.8 Å². The molecule has 2 unspecified atom stereocenters. The molecule has 1 aromatic carbocycles. The van der Waals surface area contributed by atoms with Crippen LogP contribution in [-0.2, 0) is 9.59 Å². The molecule has 20 heavy (non-hydrogen) atoms. The number of likely N-dealkylation sites (tertiary alicyclic amines) is 1. The van der Waals surface area contributed by atoms with Crippen LogP contribution in [0.3, 0.4) is 0 Å². The van der Waals surface area contributed by atoms with Crippen molar-refractivity contribution in [1.29, 1.82) is 0 Å². The van der Waals surface area contributed by atoms with Crippen molar-refractivity contribution < 1.29 is 9.59 Å². The zero-order valence-corrected chi connectivity index (χ0v) is 12.1. The van der Waals surface area contributed by atoms with Crippen molar-refractivity contribution in [3.63, 3.8) is 0 Å². The van der Waals surface area contributed by atoms with Crippen LogP contribution in [0.15, 0.2) is 30.3 Å². The molecule has 0 bridgehead atoms. The smallest absolute Gasteiger partial charge is 0.256 e. The van der Waals surface area contributed by atoms with E-state index < -0.39 is 0 Å². The van der Waals surface area contributed by atoms with Crippen LogP contribution in [0.5, 0.6) is 0 Å². The van der Waals surface area contributed by atoms with Gasteiger partial charge in [0.2, 0.25) is 5.91 Å². The van der Waals surface area contributed by atoms with Crippen molar-refractivity contribution in [3.8, 4) is 0 Å². The summed E-state index contributed by atoms with van der Waals surface area (Å²) in [4.78, 5) is 25.8. The lowest BCUT2D eigenvalue weighted by Gasteiger charge is -2.32. The van der Waals surface area contributed by atoms with Gasteiger partial charge in [0.15, 0.2) is 0 Å². The number of carbonyl (C=O) groups excluding carboxylic acids is 2. The van der Waals surface area contributed by atoms with Crippen LogP contribution in [-0.4, -0.2) is 40.2 Å². The molecule has 0 spiro atoms. The lowest BCUT2D eigenvalue weighted by Crippen LogP contribution is -2.50. The van der Waals surface area contributed by atoms with E-state index in [1.54, 1.807) is 0 Å². The summed E-state index contributed by atoms with van der Waals surface area (Å²) in [5.74, 6) is 0.127. The zero-order chi connectivity index (χ0) is 14.1. The molecule has 0 aliphatic carbocycles. The molecule has 0 aromatic heterocycles. The lowest BCUT2D eigenvalue weighted by molar-refractivity contribution is -0.145. The first-order valence-corrected chi connectivity index (χ1v) is 7.41. The zero-order valence-electron chi connectivity index (χ0n) is 11.2. The predicted molar refractivity (Wildman–Crippen MR) is 79.2 cm³/mol. The highest BCUT2D eigenvalue weighted by Gasteiger charge is 2.39. The quantitative estimate of drug-likeness (QED) is 0.667. The molecule has 2 atom stereocenters. The van der Waals surface area contributed by atoms with Crippen LogP contribution in [0, 0.1) is 0 Å². The molecular formula is C15H18N2O2S. The fourth-order valence-corrected chi connectivity index (χ4v) is 3.39. The summed E-state index contributed by atoms with van der Waals surface area (Å²) in [6, 6.07) is 10.2. The summed E-state index contributed by atoms with van der Waals surface area (Å²) < 4.78 is 0.990. The van der Waals surface area contributed by atoms with Crippen molar-refractivity contribution in [2.24, 2.45) is 0 Å². The molecule has 106 valence electrons. The third-order valence-electron chi connectivity index (χ3n) is 4.29. The summed E-state index contributed by atoms with van der Waals surface area (Å²) in [6.07, 6.45) is 2.09. The van der Waals surface area contributed by atoms with Crippen LogP contribution in [0.4, 0.5) is 0 Å². The Morgan fingerprint density at radius 3 is 2.60 bits per heavy atom. The van der Waals surface area contributed by atoms with Crippen molar-refractivity contribution in [1.82, 2.24) is 9.21 Å². The number of carbonyl (C=O) groups is 2. The average molecular weight is 290 g/mol. The summed E-state index contributed by atoms with van der Waals surface area (Å²) in [6.45, 7) is 1.79. The second kappa shape index (κ2) is 5.58. The average Bonchev–Trinajstić information content (AvgIpc) is 2.95. The van der Waals surface area contributed by atoms with Gasteiger partial charge in [0.1, 0.15) is 0 Å². The number of benzene rings is 1. The van der Waals surface area contributed by atoms with Crippen LogP contribution >= 0.6 is 12.8 Å². The molecule has 2 heterocycles. The number of hydrogen-bond acceptors (Lipinski definition) is 4. The van der Waals surface area contributed by atoms with E-state index in [1.807, 2.05) is 6.07 Å².